The summed E-state index contributed by atoms with van der Waals surface area (Å²) >= 11 is 3.46. The average molecular weight is 347 g/mol. The SMILES string of the molecule is Cc1cc(Nc2cnc(C(=O)NC3CC3)cn2)ccc1Br. The number of halogens is 1. The van der Waals surface area contributed by atoms with Gasteiger partial charge >= 0.3 is 0 Å². The van der Waals surface area contributed by atoms with E-state index in [1.54, 1.807) is 6.20 Å². The number of hydrogen-bond donors (Lipinski definition) is 2. The second-order valence-electron chi connectivity index (χ2n) is 5.12. The number of anilines is 2. The van der Waals surface area contributed by atoms with Crippen molar-refractivity contribution in [3.8, 4) is 0 Å². The van der Waals surface area contributed by atoms with Gasteiger partial charge in [0.2, 0.25) is 0 Å². The number of nitrogens with zero attached hydrogens (tertiary/aromatic N) is 2. The number of carbonyl (C=O) groups is 1. The molecule has 108 valence electrons. The Hall–Kier alpha value is -1.95. The van der Waals surface area contributed by atoms with Gasteiger partial charge in [0, 0.05) is 16.2 Å². The minimum Gasteiger partial charge on any atom is -0.348 e. The predicted octanol–water partition coefficient (Wildman–Crippen LogP) is 3.18. The molecule has 6 heteroatoms. The number of nitrogens with one attached hydrogen (secondary N) is 2. The zero-order valence-corrected chi connectivity index (χ0v) is 13.1. The van der Waals surface area contributed by atoms with Gasteiger partial charge in [-0.15, -0.1) is 0 Å². The van der Waals surface area contributed by atoms with Crippen LogP contribution in [0.25, 0.3) is 0 Å². The Morgan fingerprint density at radius 1 is 1.29 bits per heavy atom. The van der Waals surface area contributed by atoms with E-state index in [4.69, 9.17) is 0 Å². The first-order valence-corrected chi connectivity index (χ1v) is 7.57. The maximum atomic E-state index is 11.8. The van der Waals surface area contributed by atoms with E-state index in [0.717, 1.165) is 28.6 Å². The zero-order valence-electron chi connectivity index (χ0n) is 11.6. The molecule has 1 saturated carbocycles. The third kappa shape index (κ3) is 3.58. The van der Waals surface area contributed by atoms with Crippen LogP contribution < -0.4 is 10.6 Å². The molecule has 1 aromatic heterocycles. The highest BCUT2D eigenvalue weighted by Crippen LogP contribution is 2.22. The lowest BCUT2D eigenvalue weighted by molar-refractivity contribution is 0.0945. The van der Waals surface area contributed by atoms with Crippen molar-refractivity contribution in [2.45, 2.75) is 25.8 Å². The highest BCUT2D eigenvalue weighted by atomic mass is 79.9. The molecule has 2 N–H and O–H groups in total. The van der Waals surface area contributed by atoms with Crippen LogP contribution in [0.2, 0.25) is 0 Å². The largest absolute Gasteiger partial charge is 0.348 e. The average Bonchev–Trinajstić information content (AvgIpc) is 3.28. The molecular weight excluding hydrogens is 332 g/mol. The molecule has 5 nitrogen and oxygen atoms in total. The zero-order chi connectivity index (χ0) is 14.8. The maximum Gasteiger partial charge on any atom is 0.271 e. The van der Waals surface area contributed by atoms with E-state index in [1.807, 2.05) is 25.1 Å². The lowest BCUT2D eigenvalue weighted by Crippen LogP contribution is -2.26. The summed E-state index contributed by atoms with van der Waals surface area (Å²) in [5, 5.41) is 6.05. The Kier molecular flexibility index (Phi) is 3.88. The van der Waals surface area contributed by atoms with Gasteiger partial charge in [0.25, 0.3) is 5.91 Å². The van der Waals surface area contributed by atoms with E-state index in [0.29, 0.717) is 17.6 Å². The summed E-state index contributed by atoms with van der Waals surface area (Å²) in [6, 6.07) is 6.26. The number of aryl methyl sites for hydroxylation is 1. The van der Waals surface area contributed by atoms with Crippen LogP contribution in [0, 0.1) is 6.92 Å². The standard InChI is InChI=1S/C15H15BrN4O/c1-9-6-11(4-5-12(9)16)19-14-8-17-13(7-18-14)15(21)20-10-2-3-10/h4-8,10H,2-3H2,1H3,(H,18,19)(H,20,21). The fourth-order valence-corrected chi connectivity index (χ4v) is 2.11. The molecule has 1 aliphatic carbocycles. The van der Waals surface area contributed by atoms with Gasteiger partial charge in [-0.25, -0.2) is 9.97 Å². The Bertz CT molecular complexity index is 668. The summed E-state index contributed by atoms with van der Waals surface area (Å²) in [5.74, 6) is 0.454. The molecule has 1 fully saturated rings. The van der Waals surface area contributed by atoms with Crippen molar-refractivity contribution in [3.05, 3.63) is 46.3 Å². The fourth-order valence-electron chi connectivity index (χ4n) is 1.87. The minimum absolute atomic E-state index is 0.156. The van der Waals surface area contributed by atoms with Crippen LogP contribution >= 0.6 is 15.9 Å². The summed E-state index contributed by atoms with van der Waals surface area (Å²) < 4.78 is 1.06. The van der Waals surface area contributed by atoms with Crippen molar-refractivity contribution in [2.24, 2.45) is 0 Å². The van der Waals surface area contributed by atoms with Crippen LogP contribution in [0.3, 0.4) is 0 Å². The van der Waals surface area contributed by atoms with Gasteiger partial charge in [0.15, 0.2) is 0 Å². The first-order valence-electron chi connectivity index (χ1n) is 6.78. The van der Waals surface area contributed by atoms with Crippen LogP contribution in [0.1, 0.15) is 28.9 Å². The van der Waals surface area contributed by atoms with Gasteiger partial charge in [-0.1, -0.05) is 15.9 Å². The molecule has 1 heterocycles. The predicted molar refractivity (Wildman–Crippen MR) is 84.7 cm³/mol. The second kappa shape index (κ2) is 5.81. The third-order valence-corrected chi connectivity index (χ3v) is 4.12. The van der Waals surface area contributed by atoms with Crippen LogP contribution in [-0.2, 0) is 0 Å². The molecule has 0 bridgehead atoms. The van der Waals surface area contributed by atoms with Gasteiger partial charge in [0.05, 0.1) is 12.4 Å². The van der Waals surface area contributed by atoms with Crippen LogP contribution in [0.5, 0.6) is 0 Å². The second-order valence-corrected chi connectivity index (χ2v) is 5.98. The molecule has 0 spiro atoms. The summed E-state index contributed by atoms with van der Waals surface area (Å²) in [6.07, 6.45) is 5.18. The van der Waals surface area contributed by atoms with Crippen LogP contribution in [0.4, 0.5) is 11.5 Å². The van der Waals surface area contributed by atoms with Gasteiger partial charge in [0.1, 0.15) is 11.5 Å². The van der Waals surface area contributed by atoms with E-state index < -0.39 is 0 Å². The lowest BCUT2D eigenvalue weighted by atomic mass is 10.2. The van der Waals surface area contributed by atoms with Crippen LogP contribution in [-0.4, -0.2) is 21.9 Å². The first-order chi connectivity index (χ1) is 10.1. The molecule has 1 aliphatic rings. The smallest absolute Gasteiger partial charge is 0.271 e. The van der Waals surface area contributed by atoms with Crippen LogP contribution in [0.15, 0.2) is 35.1 Å². The number of aromatic nitrogens is 2. The molecular formula is C15H15BrN4O. The third-order valence-electron chi connectivity index (χ3n) is 3.23. The molecule has 3 rings (SSSR count). The summed E-state index contributed by atoms with van der Waals surface area (Å²) in [5.41, 5.74) is 2.41. The monoisotopic (exact) mass is 346 g/mol. The highest BCUT2D eigenvalue weighted by Gasteiger charge is 2.24. The first kappa shape index (κ1) is 14.0. The van der Waals surface area contributed by atoms with Gasteiger partial charge < -0.3 is 10.6 Å². The molecule has 0 aliphatic heterocycles. The Balaban J connectivity index is 1.68. The number of rotatable bonds is 4. The van der Waals surface area contributed by atoms with Crippen molar-refractivity contribution in [3.63, 3.8) is 0 Å². The minimum atomic E-state index is -0.156. The Labute approximate surface area is 131 Å². The quantitative estimate of drug-likeness (QED) is 0.892. The number of benzene rings is 1. The van der Waals surface area contributed by atoms with E-state index in [-0.39, 0.29) is 5.91 Å². The summed E-state index contributed by atoms with van der Waals surface area (Å²) in [7, 11) is 0. The number of amides is 1. The van der Waals surface area contributed by atoms with Crippen molar-refractivity contribution >= 4 is 33.3 Å². The summed E-state index contributed by atoms with van der Waals surface area (Å²) in [6.45, 7) is 2.02. The molecule has 0 radical (unpaired) electrons. The molecule has 0 atom stereocenters. The summed E-state index contributed by atoms with van der Waals surface area (Å²) in [4.78, 5) is 20.2. The highest BCUT2D eigenvalue weighted by molar-refractivity contribution is 9.10. The van der Waals surface area contributed by atoms with E-state index >= 15 is 0 Å². The van der Waals surface area contributed by atoms with Gasteiger partial charge in [-0.05, 0) is 43.5 Å². The molecule has 0 unspecified atom stereocenters. The molecule has 0 saturated heterocycles. The van der Waals surface area contributed by atoms with Gasteiger partial charge in [-0.3, -0.25) is 4.79 Å². The fraction of sp³-hybridized carbons (Fsp3) is 0.267. The molecule has 21 heavy (non-hydrogen) atoms. The van der Waals surface area contributed by atoms with E-state index in [9.17, 15) is 4.79 Å². The number of hydrogen-bond acceptors (Lipinski definition) is 4. The Morgan fingerprint density at radius 2 is 2.10 bits per heavy atom. The van der Waals surface area contributed by atoms with Crippen molar-refractivity contribution in [1.82, 2.24) is 15.3 Å². The van der Waals surface area contributed by atoms with Crippen molar-refractivity contribution < 1.29 is 4.79 Å². The molecule has 1 aromatic carbocycles. The molecule has 1 amide bonds. The topological polar surface area (TPSA) is 66.9 Å². The van der Waals surface area contributed by atoms with Crippen molar-refractivity contribution in [2.75, 3.05) is 5.32 Å². The van der Waals surface area contributed by atoms with Crippen molar-refractivity contribution in [1.29, 1.82) is 0 Å². The molecule has 2 aromatic rings. The maximum absolute atomic E-state index is 11.8. The lowest BCUT2D eigenvalue weighted by Gasteiger charge is -2.08. The van der Waals surface area contributed by atoms with E-state index in [2.05, 4.69) is 36.5 Å². The Morgan fingerprint density at radius 3 is 2.71 bits per heavy atom. The van der Waals surface area contributed by atoms with E-state index in [1.165, 1.54) is 6.20 Å². The normalized spacial score (nSPS) is 13.8. The number of carbonyl (C=O) groups excluding carboxylic acids is 1. The van der Waals surface area contributed by atoms with Gasteiger partial charge in [-0.2, -0.15) is 0 Å².